The number of imidazole rings is 1. The average molecular weight is 436 g/mol. The number of aryl methyl sites for hydroxylation is 1. The van der Waals surface area contributed by atoms with E-state index in [1.165, 1.54) is 28.7 Å². The first-order valence-electron chi connectivity index (χ1n) is 11.7. The van der Waals surface area contributed by atoms with Crippen molar-refractivity contribution in [3.63, 3.8) is 0 Å². The number of fused-ring (bicyclic) bond motifs is 1. The topological polar surface area (TPSA) is 48.0 Å². The Morgan fingerprint density at radius 3 is 1.94 bits per heavy atom. The lowest BCUT2D eigenvalue weighted by atomic mass is 10.0. The van der Waals surface area contributed by atoms with Crippen LogP contribution in [0.25, 0.3) is 11.2 Å². The van der Waals surface area contributed by atoms with Crippen LogP contribution in [-0.4, -0.2) is 26.1 Å². The van der Waals surface area contributed by atoms with Gasteiger partial charge in [0.1, 0.15) is 5.52 Å². The average Bonchev–Trinajstić information content (AvgIpc) is 3.17. The smallest absolute Gasteiger partial charge is 0.176 e. The van der Waals surface area contributed by atoms with Gasteiger partial charge in [-0.1, -0.05) is 46.6 Å². The van der Waals surface area contributed by atoms with Crippen LogP contribution in [0.15, 0.2) is 64.2 Å². The molecular weight excluding hydrogens is 394 g/mol. The molecular formula is C27H41N5. The van der Waals surface area contributed by atoms with Crippen molar-refractivity contribution in [2.75, 3.05) is 7.05 Å². The van der Waals surface area contributed by atoms with Crippen LogP contribution in [-0.2, 0) is 13.6 Å². The summed E-state index contributed by atoms with van der Waals surface area (Å²) < 4.78 is 4.06. The van der Waals surface area contributed by atoms with Gasteiger partial charge in [-0.3, -0.25) is 4.99 Å². The van der Waals surface area contributed by atoms with Crippen LogP contribution in [0.3, 0.4) is 0 Å². The summed E-state index contributed by atoms with van der Waals surface area (Å²) in [5, 5.41) is 0. The van der Waals surface area contributed by atoms with Crippen molar-refractivity contribution >= 4 is 11.2 Å². The summed E-state index contributed by atoms with van der Waals surface area (Å²) in [5.41, 5.74) is 8.43. The van der Waals surface area contributed by atoms with E-state index in [4.69, 9.17) is 0 Å². The maximum Gasteiger partial charge on any atom is 0.176 e. The van der Waals surface area contributed by atoms with Crippen molar-refractivity contribution in [2.45, 2.75) is 79.7 Å². The highest BCUT2D eigenvalue weighted by Crippen LogP contribution is 2.14. The lowest BCUT2D eigenvalue weighted by Gasteiger charge is -2.05. The van der Waals surface area contributed by atoms with E-state index in [1.807, 2.05) is 17.9 Å². The van der Waals surface area contributed by atoms with Crippen molar-refractivity contribution in [3.8, 4) is 0 Å². The van der Waals surface area contributed by atoms with Crippen LogP contribution >= 0.6 is 0 Å². The molecule has 0 saturated carbocycles. The second-order valence-electron chi connectivity index (χ2n) is 9.02. The molecule has 2 heterocycles. The van der Waals surface area contributed by atoms with E-state index in [1.54, 1.807) is 13.4 Å². The molecule has 2 aromatic rings. The lowest BCUT2D eigenvalue weighted by molar-refractivity contribution is 0.817. The minimum Gasteiger partial charge on any atom is -0.322 e. The Labute approximate surface area is 194 Å². The van der Waals surface area contributed by atoms with Gasteiger partial charge in [0.25, 0.3) is 0 Å². The van der Waals surface area contributed by atoms with Gasteiger partial charge in [-0.2, -0.15) is 0 Å². The number of nitrogens with zero attached hydrogens (tertiary/aromatic N) is 5. The van der Waals surface area contributed by atoms with E-state index in [-0.39, 0.29) is 0 Å². The molecule has 0 aromatic carbocycles. The zero-order valence-corrected chi connectivity index (χ0v) is 21.1. The normalized spacial score (nSPS) is 13.8. The molecule has 5 heteroatoms. The molecule has 2 rings (SSSR count). The summed E-state index contributed by atoms with van der Waals surface area (Å²) in [6.07, 6.45) is 19.8. The highest BCUT2D eigenvalue weighted by Gasteiger charge is 2.07. The van der Waals surface area contributed by atoms with E-state index in [0.29, 0.717) is 0 Å². The fraction of sp³-hybridized carbons (Fsp3) is 0.519. The van der Waals surface area contributed by atoms with Crippen molar-refractivity contribution in [1.82, 2.24) is 19.1 Å². The van der Waals surface area contributed by atoms with E-state index in [9.17, 15) is 0 Å². The summed E-state index contributed by atoms with van der Waals surface area (Å²) in [4.78, 5) is 13.3. The predicted octanol–water partition coefficient (Wildman–Crippen LogP) is 6.45. The maximum absolute atomic E-state index is 4.53. The van der Waals surface area contributed by atoms with Gasteiger partial charge in [-0.15, -0.1) is 0 Å². The Kier molecular flexibility index (Phi) is 10.4. The maximum atomic E-state index is 4.53. The van der Waals surface area contributed by atoms with Crippen LogP contribution in [0.4, 0.5) is 0 Å². The van der Waals surface area contributed by atoms with Gasteiger partial charge < -0.3 is 9.13 Å². The molecule has 0 unspecified atom stereocenters. The Balaban J connectivity index is 1.83. The molecule has 174 valence electrons. The standard InChI is InChI=1S/C27H41N5/c1-21(2)11-8-12-22(3)13-9-14-23(4)15-10-16-24(5)17-18-32-20-30-27-25(32)26(28-6)29-19-31(27)7/h11,13,15,17,19-20H,8-10,12,14,16,18H2,1-7H3/b22-13+,23-15+,24-17+,28-26?. The molecule has 0 radical (unpaired) electrons. The number of hydrogen-bond acceptors (Lipinski definition) is 3. The van der Waals surface area contributed by atoms with Crippen LogP contribution in [0.2, 0.25) is 0 Å². The first kappa shape index (κ1) is 25.6. The van der Waals surface area contributed by atoms with E-state index in [0.717, 1.165) is 55.3 Å². The molecule has 0 N–H and O–H groups in total. The Morgan fingerprint density at radius 1 is 0.812 bits per heavy atom. The third-order valence-corrected chi connectivity index (χ3v) is 5.72. The number of allylic oxidation sites excluding steroid dienone is 8. The van der Waals surface area contributed by atoms with Crippen molar-refractivity contribution < 1.29 is 0 Å². The van der Waals surface area contributed by atoms with Crippen molar-refractivity contribution in [3.05, 3.63) is 64.7 Å². The number of aromatic nitrogens is 4. The molecule has 0 saturated heterocycles. The zero-order chi connectivity index (χ0) is 23.5. The highest BCUT2D eigenvalue weighted by atomic mass is 15.1. The Bertz CT molecular complexity index is 1070. The fourth-order valence-electron chi connectivity index (χ4n) is 3.66. The quantitative estimate of drug-likeness (QED) is 0.381. The summed E-state index contributed by atoms with van der Waals surface area (Å²) >= 11 is 0. The molecule has 0 fully saturated rings. The largest absolute Gasteiger partial charge is 0.322 e. The highest BCUT2D eigenvalue weighted by molar-refractivity contribution is 5.69. The molecule has 0 aliphatic rings. The number of hydrogen-bond donors (Lipinski definition) is 0. The molecule has 0 atom stereocenters. The first-order chi connectivity index (χ1) is 15.3. The Morgan fingerprint density at radius 2 is 1.38 bits per heavy atom. The molecule has 2 aromatic heterocycles. The second-order valence-corrected chi connectivity index (χ2v) is 9.02. The minimum atomic E-state index is 0.737. The van der Waals surface area contributed by atoms with E-state index in [2.05, 4.69) is 78.5 Å². The third kappa shape index (κ3) is 8.10. The van der Waals surface area contributed by atoms with Gasteiger partial charge in [0.2, 0.25) is 0 Å². The third-order valence-electron chi connectivity index (χ3n) is 5.72. The lowest BCUT2D eigenvalue weighted by Crippen LogP contribution is -2.15. The van der Waals surface area contributed by atoms with Gasteiger partial charge in [0.05, 0.1) is 12.7 Å². The van der Waals surface area contributed by atoms with Gasteiger partial charge in [-0.05, 0) is 73.1 Å². The molecule has 5 nitrogen and oxygen atoms in total. The fourth-order valence-corrected chi connectivity index (χ4v) is 3.66. The van der Waals surface area contributed by atoms with E-state index < -0.39 is 0 Å². The Hall–Kier alpha value is -2.69. The van der Waals surface area contributed by atoms with Gasteiger partial charge in [-0.25, -0.2) is 9.97 Å². The first-order valence-corrected chi connectivity index (χ1v) is 11.7. The van der Waals surface area contributed by atoms with Gasteiger partial charge in [0, 0.05) is 20.6 Å². The predicted molar refractivity (Wildman–Crippen MR) is 136 cm³/mol. The van der Waals surface area contributed by atoms with Gasteiger partial charge in [0.15, 0.2) is 11.1 Å². The molecule has 0 amide bonds. The number of rotatable bonds is 11. The molecule has 0 aliphatic carbocycles. The second kappa shape index (κ2) is 13.0. The molecule has 0 aliphatic heterocycles. The molecule has 0 bridgehead atoms. The summed E-state index contributed by atoms with van der Waals surface area (Å²) in [6.45, 7) is 11.8. The molecule has 0 spiro atoms. The van der Waals surface area contributed by atoms with Crippen LogP contribution in [0.5, 0.6) is 0 Å². The van der Waals surface area contributed by atoms with Crippen LogP contribution in [0, 0.1) is 0 Å². The van der Waals surface area contributed by atoms with Crippen LogP contribution < -0.4 is 5.49 Å². The van der Waals surface area contributed by atoms with Crippen molar-refractivity contribution in [1.29, 1.82) is 0 Å². The SMILES string of the molecule is CN=c1ncn(C)c2ncn(C/C=C(\C)CC/C=C(\C)CC/C=C(\C)CCC=C(C)C)c12. The van der Waals surface area contributed by atoms with E-state index >= 15 is 0 Å². The van der Waals surface area contributed by atoms with Gasteiger partial charge >= 0.3 is 0 Å². The summed E-state index contributed by atoms with van der Waals surface area (Å²) in [5.74, 6) is 0. The summed E-state index contributed by atoms with van der Waals surface area (Å²) in [6, 6.07) is 0. The van der Waals surface area contributed by atoms with Crippen LogP contribution in [0.1, 0.15) is 73.1 Å². The minimum absolute atomic E-state index is 0.737. The zero-order valence-electron chi connectivity index (χ0n) is 21.1. The summed E-state index contributed by atoms with van der Waals surface area (Å²) in [7, 11) is 3.74. The van der Waals surface area contributed by atoms with Crippen molar-refractivity contribution in [2.24, 2.45) is 12.0 Å². The monoisotopic (exact) mass is 435 g/mol. The molecule has 32 heavy (non-hydrogen) atoms.